The van der Waals surface area contributed by atoms with Gasteiger partial charge in [-0.05, 0) is 49.1 Å². The number of pyridine rings is 1. The van der Waals surface area contributed by atoms with E-state index >= 15 is 0 Å². The molecule has 0 bridgehead atoms. The van der Waals surface area contributed by atoms with Crippen LogP contribution >= 0.6 is 0 Å². The first-order valence-electron chi connectivity index (χ1n) is 9.64. The molecule has 1 aliphatic rings. The van der Waals surface area contributed by atoms with Crippen LogP contribution in [0.2, 0.25) is 0 Å². The first kappa shape index (κ1) is 19.1. The van der Waals surface area contributed by atoms with Gasteiger partial charge in [-0.3, -0.25) is 4.98 Å². The Morgan fingerprint density at radius 3 is 2.55 bits per heavy atom. The molecule has 7 heteroatoms. The van der Waals surface area contributed by atoms with Crippen molar-refractivity contribution in [2.45, 2.75) is 25.4 Å². The number of aliphatic hydroxyl groups is 1. The van der Waals surface area contributed by atoms with E-state index < -0.39 is 6.10 Å². The summed E-state index contributed by atoms with van der Waals surface area (Å²) in [5.74, 6) is 2.64. The van der Waals surface area contributed by atoms with Crippen molar-refractivity contribution in [1.82, 2.24) is 15.0 Å². The molecule has 0 fully saturated rings. The zero-order valence-corrected chi connectivity index (χ0v) is 16.6. The van der Waals surface area contributed by atoms with E-state index in [1.165, 1.54) is 0 Å². The van der Waals surface area contributed by atoms with Gasteiger partial charge in [0.15, 0.2) is 5.82 Å². The number of aromatic nitrogens is 3. The first-order chi connectivity index (χ1) is 14.2. The lowest BCUT2D eigenvalue weighted by Gasteiger charge is -2.17. The molecule has 1 unspecified atom stereocenters. The van der Waals surface area contributed by atoms with Crippen LogP contribution in [0.4, 0.5) is 5.82 Å². The van der Waals surface area contributed by atoms with Gasteiger partial charge >= 0.3 is 0 Å². The van der Waals surface area contributed by atoms with Crippen molar-refractivity contribution in [1.29, 1.82) is 0 Å². The fourth-order valence-electron chi connectivity index (χ4n) is 3.52. The molecule has 3 aromatic rings. The molecule has 29 heavy (non-hydrogen) atoms. The second-order valence-electron chi connectivity index (χ2n) is 6.93. The number of fused-ring (bicyclic) bond motifs is 1. The fraction of sp³-hybridized carbons (Fsp3) is 0.318. The number of hydrogen-bond donors (Lipinski definition) is 2. The summed E-state index contributed by atoms with van der Waals surface area (Å²) in [7, 11) is 3.18. The molecule has 0 radical (unpaired) electrons. The fourth-order valence-corrected chi connectivity index (χ4v) is 3.52. The average Bonchev–Trinajstić information content (AvgIpc) is 3.26. The number of methoxy groups -OCH3 is 2. The Bertz CT molecular complexity index is 973. The SMILES string of the molecule is COc1cc(OC)cc(C(O)CNc2nc(-c3ccccn3)nc3c2CCC3)c1. The van der Waals surface area contributed by atoms with E-state index in [-0.39, 0.29) is 0 Å². The maximum atomic E-state index is 10.7. The van der Waals surface area contributed by atoms with Gasteiger partial charge in [-0.2, -0.15) is 0 Å². The van der Waals surface area contributed by atoms with Crippen LogP contribution < -0.4 is 14.8 Å². The number of rotatable bonds is 7. The number of hydrogen-bond acceptors (Lipinski definition) is 7. The summed E-state index contributed by atoms with van der Waals surface area (Å²) in [5.41, 5.74) is 3.63. The van der Waals surface area contributed by atoms with Crippen molar-refractivity contribution in [3.05, 3.63) is 59.4 Å². The van der Waals surface area contributed by atoms with E-state index in [0.717, 1.165) is 42.0 Å². The van der Waals surface area contributed by atoms with Crippen LogP contribution in [0.1, 0.15) is 29.3 Å². The van der Waals surface area contributed by atoms with Crippen LogP contribution in [-0.4, -0.2) is 40.8 Å². The Morgan fingerprint density at radius 1 is 1.07 bits per heavy atom. The Hall–Kier alpha value is -3.19. The van der Waals surface area contributed by atoms with E-state index in [1.807, 2.05) is 18.2 Å². The lowest BCUT2D eigenvalue weighted by molar-refractivity contribution is 0.190. The number of aryl methyl sites for hydroxylation is 1. The van der Waals surface area contributed by atoms with Gasteiger partial charge in [0.05, 0.1) is 20.3 Å². The molecule has 0 saturated carbocycles. The van der Waals surface area contributed by atoms with Crippen molar-refractivity contribution < 1.29 is 14.6 Å². The van der Waals surface area contributed by atoms with E-state index in [0.29, 0.717) is 29.4 Å². The van der Waals surface area contributed by atoms with Gasteiger partial charge in [0.2, 0.25) is 0 Å². The number of aliphatic hydroxyl groups excluding tert-OH is 1. The molecule has 0 aliphatic heterocycles. The molecular weight excluding hydrogens is 368 g/mol. The molecule has 1 aromatic carbocycles. The quantitative estimate of drug-likeness (QED) is 0.638. The lowest BCUT2D eigenvalue weighted by atomic mass is 10.1. The topological polar surface area (TPSA) is 89.4 Å². The summed E-state index contributed by atoms with van der Waals surface area (Å²) in [5, 5.41) is 14.0. The van der Waals surface area contributed by atoms with Crippen molar-refractivity contribution in [3.8, 4) is 23.0 Å². The van der Waals surface area contributed by atoms with Crippen molar-refractivity contribution >= 4 is 5.82 Å². The molecule has 1 atom stereocenters. The Labute approximate surface area is 169 Å². The summed E-state index contributed by atoms with van der Waals surface area (Å²) in [6, 6.07) is 11.1. The van der Waals surface area contributed by atoms with Crippen molar-refractivity contribution in [3.63, 3.8) is 0 Å². The third-order valence-electron chi connectivity index (χ3n) is 5.05. The van der Waals surface area contributed by atoms with Gasteiger partial charge < -0.3 is 19.9 Å². The van der Waals surface area contributed by atoms with Gasteiger partial charge in [-0.15, -0.1) is 0 Å². The molecular formula is C22H24N4O3. The largest absolute Gasteiger partial charge is 0.497 e. The Morgan fingerprint density at radius 2 is 1.86 bits per heavy atom. The van der Waals surface area contributed by atoms with Crippen LogP contribution in [0.15, 0.2) is 42.6 Å². The van der Waals surface area contributed by atoms with E-state index in [1.54, 1.807) is 38.6 Å². The van der Waals surface area contributed by atoms with Crippen LogP contribution in [0.5, 0.6) is 11.5 Å². The van der Waals surface area contributed by atoms with Crippen LogP contribution in [0.3, 0.4) is 0 Å². The van der Waals surface area contributed by atoms with E-state index in [4.69, 9.17) is 19.4 Å². The third-order valence-corrected chi connectivity index (χ3v) is 5.05. The molecule has 0 saturated heterocycles. The minimum absolute atomic E-state index is 0.307. The zero-order valence-electron chi connectivity index (χ0n) is 16.6. The Kier molecular flexibility index (Phi) is 5.57. The third kappa shape index (κ3) is 4.14. The van der Waals surface area contributed by atoms with Gasteiger partial charge in [0.25, 0.3) is 0 Å². The second-order valence-corrected chi connectivity index (χ2v) is 6.93. The number of nitrogens with zero attached hydrogens (tertiary/aromatic N) is 3. The summed E-state index contributed by atoms with van der Waals surface area (Å²) >= 11 is 0. The highest BCUT2D eigenvalue weighted by Gasteiger charge is 2.21. The van der Waals surface area contributed by atoms with Gasteiger partial charge in [-0.1, -0.05) is 6.07 Å². The highest BCUT2D eigenvalue weighted by atomic mass is 16.5. The molecule has 150 valence electrons. The molecule has 4 rings (SSSR count). The van der Waals surface area contributed by atoms with Crippen LogP contribution in [0.25, 0.3) is 11.5 Å². The number of ether oxygens (including phenoxy) is 2. The van der Waals surface area contributed by atoms with Gasteiger partial charge in [0, 0.05) is 30.1 Å². The van der Waals surface area contributed by atoms with Crippen LogP contribution in [-0.2, 0) is 12.8 Å². The maximum absolute atomic E-state index is 10.7. The van der Waals surface area contributed by atoms with E-state index in [2.05, 4.69) is 10.3 Å². The van der Waals surface area contributed by atoms with Crippen molar-refractivity contribution in [2.75, 3.05) is 26.1 Å². The lowest BCUT2D eigenvalue weighted by Crippen LogP contribution is -2.15. The average molecular weight is 392 g/mol. The van der Waals surface area contributed by atoms with E-state index in [9.17, 15) is 5.11 Å². The number of anilines is 1. The summed E-state index contributed by atoms with van der Waals surface area (Å²) in [4.78, 5) is 13.8. The minimum atomic E-state index is -0.746. The predicted molar refractivity (Wildman–Crippen MR) is 110 cm³/mol. The number of nitrogens with one attached hydrogen (secondary N) is 1. The normalized spacial score (nSPS) is 13.6. The predicted octanol–water partition coefficient (Wildman–Crippen LogP) is 3.19. The summed E-state index contributed by atoms with van der Waals surface area (Å²) in [6.45, 7) is 0.307. The van der Waals surface area contributed by atoms with Crippen molar-refractivity contribution in [2.24, 2.45) is 0 Å². The summed E-state index contributed by atoms with van der Waals surface area (Å²) in [6.07, 6.45) is 3.91. The van der Waals surface area contributed by atoms with Gasteiger partial charge in [0.1, 0.15) is 23.0 Å². The second kappa shape index (κ2) is 8.45. The standard InChI is InChI=1S/C22H24N4O3/c1-28-15-10-14(11-16(12-15)29-2)20(27)13-24-21-17-6-5-8-18(17)25-22(26-21)19-7-3-4-9-23-19/h3-4,7,9-12,20,27H,5-6,8,13H2,1-2H3,(H,24,25,26). The monoisotopic (exact) mass is 392 g/mol. The molecule has 7 nitrogen and oxygen atoms in total. The Balaban J connectivity index is 1.58. The van der Waals surface area contributed by atoms with Crippen LogP contribution in [0, 0.1) is 0 Å². The van der Waals surface area contributed by atoms with Gasteiger partial charge in [-0.25, -0.2) is 9.97 Å². The number of benzene rings is 1. The molecule has 2 aromatic heterocycles. The minimum Gasteiger partial charge on any atom is -0.497 e. The molecule has 2 N–H and O–H groups in total. The molecule has 0 spiro atoms. The smallest absolute Gasteiger partial charge is 0.180 e. The highest BCUT2D eigenvalue weighted by Crippen LogP contribution is 2.30. The molecule has 1 aliphatic carbocycles. The zero-order chi connectivity index (χ0) is 20.2. The first-order valence-corrected chi connectivity index (χ1v) is 9.64. The highest BCUT2D eigenvalue weighted by molar-refractivity contribution is 5.57. The maximum Gasteiger partial charge on any atom is 0.180 e. The molecule has 2 heterocycles. The summed E-state index contributed by atoms with van der Waals surface area (Å²) < 4.78 is 10.6. The molecule has 0 amide bonds.